The molecule has 18 heavy (non-hydrogen) atoms. The van der Waals surface area contributed by atoms with Crippen LogP contribution in [-0.4, -0.2) is 19.3 Å². The van der Waals surface area contributed by atoms with E-state index < -0.39 is 12.6 Å². The molecule has 1 aromatic rings. The Kier molecular flexibility index (Phi) is 5.12. The number of ether oxygens (including phenoxy) is 1. The van der Waals surface area contributed by atoms with Gasteiger partial charge in [0.1, 0.15) is 5.75 Å². The standard InChI is InChI=1S/C12H17F3N2O/c1-2-7-18-11-8-9(3-4-10(11)16)17-6-5-12(13,14)15/h3-4,8,17H,2,5-7,16H2,1H3. The monoisotopic (exact) mass is 262 g/mol. The number of nitrogens with two attached hydrogens (primary N) is 1. The first kappa shape index (κ1) is 14.5. The van der Waals surface area contributed by atoms with Crippen LogP contribution in [0.4, 0.5) is 24.5 Å². The summed E-state index contributed by atoms with van der Waals surface area (Å²) in [4.78, 5) is 0. The van der Waals surface area contributed by atoms with Crippen LogP contribution in [0, 0.1) is 0 Å². The molecular formula is C12H17F3N2O. The van der Waals surface area contributed by atoms with Crippen LogP contribution in [0.2, 0.25) is 0 Å². The van der Waals surface area contributed by atoms with Gasteiger partial charge in [-0.15, -0.1) is 0 Å². The van der Waals surface area contributed by atoms with Gasteiger partial charge in [-0.25, -0.2) is 0 Å². The highest BCUT2D eigenvalue weighted by Gasteiger charge is 2.26. The molecule has 0 aliphatic heterocycles. The molecule has 1 aromatic carbocycles. The van der Waals surface area contributed by atoms with E-state index in [9.17, 15) is 13.2 Å². The molecule has 0 unspecified atom stereocenters. The van der Waals surface area contributed by atoms with E-state index in [1.165, 1.54) is 0 Å². The minimum Gasteiger partial charge on any atom is -0.491 e. The quantitative estimate of drug-likeness (QED) is 0.772. The minimum absolute atomic E-state index is 0.166. The van der Waals surface area contributed by atoms with Gasteiger partial charge in [-0.3, -0.25) is 0 Å². The Morgan fingerprint density at radius 1 is 1.33 bits per heavy atom. The molecule has 0 atom stereocenters. The third-order valence-corrected chi connectivity index (χ3v) is 2.21. The summed E-state index contributed by atoms with van der Waals surface area (Å²) >= 11 is 0. The summed E-state index contributed by atoms with van der Waals surface area (Å²) < 4.78 is 41.3. The number of rotatable bonds is 6. The lowest BCUT2D eigenvalue weighted by molar-refractivity contribution is -0.131. The molecule has 0 radical (unpaired) electrons. The Morgan fingerprint density at radius 3 is 2.67 bits per heavy atom. The lowest BCUT2D eigenvalue weighted by atomic mass is 10.2. The first-order valence-corrected chi connectivity index (χ1v) is 5.75. The van der Waals surface area contributed by atoms with Crippen LogP contribution in [0.5, 0.6) is 5.75 Å². The number of alkyl halides is 3. The van der Waals surface area contributed by atoms with Gasteiger partial charge in [0.25, 0.3) is 0 Å². The second kappa shape index (κ2) is 6.37. The number of hydrogen-bond acceptors (Lipinski definition) is 3. The zero-order valence-corrected chi connectivity index (χ0v) is 10.2. The molecule has 0 aliphatic carbocycles. The van der Waals surface area contributed by atoms with Gasteiger partial charge >= 0.3 is 6.18 Å². The predicted octanol–water partition coefficient (Wildman–Crippen LogP) is 3.42. The summed E-state index contributed by atoms with van der Waals surface area (Å²) in [5, 5.41) is 2.69. The molecule has 3 nitrogen and oxygen atoms in total. The third-order valence-electron chi connectivity index (χ3n) is 2.21. The molecule has 0 spiro atoms. The molecule has 0 amide bonds. The molecule has 6 heteroatoms. The fourth-order valence-corrected chi connectivity index (χ4v) is 1.33. The largest absolute Gasteiger partial charge is 0.491 e. The van der Waals surface area contributed by atoms with Gasteiger partial charge in [0.05, 0.1) is 18.7 Å². The number of benzene rings is 1. The van der Waals surface area contributed by atoms with Crippen LogP contribution in [0.25, 0.3) is 0 Å². The topological polar surface area (TPSA) is 47.3 Å². The van der Waals surface area contributed by atoms with Crippen LogP contribution in [0.15, 0.2) is 18.2 Å². The van der Waals surface area contributed by atoms with Crippen LogP contribution < -0.4 is 15.8 Å². The van der Waals surface area contributed by atoms with E-state index >= 15 is 0 Å². The van der Waals surface area contributed by atoms with E-state index in [1.54, 1.807) is 18.2 Å². The van der Waals surface area contributed by atoms with Gasteiger partial charge in [0.2, 0.25) is 0 Å². The van der Waals surface area contributed by atoms with Gasteiger partial charge in [0, 0.05) is 18.3 Å². The van der Waals surface area contributed by atoms with Crippen molar-refractivity contribution in [3.63, 3.8) is 0 Å². The zero-order chi connectivity index (χ0) is 13.6. The Labute approximate surface area is 104 Å². The second-order valence-corrected chi connectivity index (χ2v) is 3.89. The number of anilines is 2. The second-order valence-electron chi connectivity index (χ2n) is 3.89. The smallest absolute Gasteiger partial charge is 0.390 e. The lowest BCUT2D eigenvalue weighted by Gasteiger charge is -2.12. The van der Waals surface area contributed by atoms with Gasteiger partial charge in [-0.1, -0.05) is 6.92 Å². The highest BCUT2D eigenvalue weighted by atomic mass is 19.4. The van der Waals surface area contributed by atoms with Gasteiger partial charge in [-0.05, 0) is 18.6 Å². The van der Waals surface area contributed by atoms with E-state index in [2.05, 4.69) is 5.32 Å². The molecular weight excluding hydrogens is 245 g/mol. The van der Waals surface area contributed by atoms with Crippen molar-refractivity contribution in [2.75, 3.05) is 24.2 Å². The molecule has 0 aromatic heterocycles. The number of nitrogen functional groups attached to an aromatic ring is 1. The number of hydrogen-bond donors (Lipinski definition) is 2. The van der Waals surface area contributed by atoms with Crippen LogP contribution in [0.1, 0.15) is 19.8 Å². The molecule has 1 rings (SSSR count). The highest BCUT2D eigenvalue weighted by molar-refractivity contribution is 5.61. The number of nitrogens with one attached hydrogen (secondary N) is 1. The van der Waals surface area contributed by atoms with Crippen LogP contribution >= 0.6 is 0 Å². The van der Waals surface area contributed by atoms with Crippen LogP contribution in [-0.2, 0) is 0 Å². The van der Waals surface area contributed by atoms with Crippen molar-refractivity contribution in [3.8, 4) is 5.75 Å². The highest BCUT2D eigenvalue weighted by Crippen LogP contribution is 2.26. The normalized spacial score (nSPS) is 11.3. The maximum atomic E-state index is 12.0. The average molecular weight is 262 g/mol. The van der Waals surface area contributed by atoms with E-state index in [4.69, 9.17) is 10.5 Å². The molecule has 102 valence electrons. The molecule has 0 saturated carbocycles. The van der Waals surface area contributed by atoms with E-state index in [1.807, 2.05) is 6.92 Å². The molecule has 3 N–H and O–H groups in total. The predicted molar refractivity (Wildman–Crippen MR) is 65.8 cm³/mol. The van der Waals surface area contributed by atoms with E-state index in [0.29, 0.717) is 23.7 Å². The van der Waals surface area contributed by atoms with Crippen molar-refractivity contribution in [2.45, 2.75) is 25.9 Å². The van der Waals surface area contributed by atoms with Crippen molar-refractivity contribution < 1.29 is 17.9 Å². The van der Waals surface area contributed by atoms with Gasteiger partial charge < -0.3 is 15.8 Å². The Hall–Kier alpha value is -1.59. The van der Waals surface area contributed by atoms with Crippen molar-refractivity contribution in [3.05, 3.63) is 18.2 Å². The first-order chi connectivity index (χ1) is 8.42. The van der Waals surface area contributed by atoms with Crippen molar-refractivity contribution in [1.29, 1.82) is 0 Å². The van der Waals surface area contributed by atoms with E-state index in [0.717, 1.165) is 6.42 Å². The molecule has 0 heterocycles. The molecule has 0 bridgehead atoms. The summed E-state index contributed by atoms with van der Waals surface area (Å²) in [6.07, 6.45) is -4.18. The molecule has 0 fully saturated rings. The summed E-state index contributed by atoms with van der Waals surface area (Å²) in [5.41, 5.74) is 6.74. The fourth-order valence-electron chi connectivity index (χ4n) is 1.33. The molecule has 0 saturated heterocycles. The fraction of sp³-hybridized carbons (Fsp3) is 0.500. The Morgan fingerprint density at radius 2 is 2.06 bits per heavy atom. The Bertz CT molecular complexity index is 380. The average Bonchev–Trinajstić information content (AvgIpc) is 2.28. The van der Waals surface area contributed by atoms with Crippen molar-refractivity contribution in [1.82, 2.24) is 0 Å². The Balaban J connectivity index is 2.56. The summed E-state index contributed by atoms with van der Waals surface area (Å²) in [6.45, 7) is 2.32. The maximum absolute atomic E-state index is 12.0. The maximum Gasteiger partial charge on any atom is 0.390 e. The van der Waals surface area contributed by atoms with Gasteiger partial charge in [-0.2, -0.15) is 13.2 Å². The summed E-state index contributed by atoms with van der Waals surface area (Å²) in [6, 6.07) is 4.85. The first-order valence-electron chi connectivity index (χ1n) is 5.75. The zero-order valence-electron chi connectivity index (χ0n) is 10.2. The minimum atomic E-state index is -4.15. The third kappa shape index (κ3) is 5.16. The van der Waals surface area contributed by atoms with Crippen molar-refractivity contribution in [2.24, 2.45) is 0 Å². The SMILES string of the molecule is CCCOc1cc(NCCC(F)(F)F)ccc1N. The lowest BCUT2D eigenvalue weighted by Crippen LogP contribution is -2.14. The van der Waals surface area contributed by atoms with Crippen LogP contribution in [0.3, 0.4) is 0 Å². The summed E-state index contributed by atoms with van der Waals surface area (Å²) in [5.74, 6) is 0.494. The number of halogens is 3. The summed E-state index contributed by atoms with van der Waals surface area (Å²) in [7, 11) is 0. The van der Waals surface area contributed by atoms with Gasteiger partial charge in [0.15, 0.2) is 0 Å². The molecule has 0 aliphatic rings. The van der Waals surface area contributed by atoms with Crippen molar-refractivity contribution >= 4 is 11.4 Å². The van der Waals surface area contributed by atoms with E-state index in [-0.39, 0.29) is 6.54 Å².